The lowest BCUT2D eigenvalue weighted by atomic mass is 9.91. The molecule has 1 aliphatic heterocycles. The number of piperazine rings is 1. The number of pyridine rings is 1. The summed E-state index contributed by atoms with van der Waals surface area (Å²) in [6.45, 7) is 8.21. The molecule has 104 valence electrons. The molecule has 2 heterocycles. The maximum atomic E-state index is 4.20. The summed E-state index contributed by atoms with van der Waals surface area (Å²) in [5, 5.41) is 3.78. The first-order chi connectivity index (χ1) is 9.17. The first-order valence-corrected chi connectivity index (χ1v) is 7.55. The average Bonchev–Trinajstić information content (AvgIpc) is 3.26. The van der Waals surface area contributed by atoms with Crippen LogP contribution in [0.15, 0.2) is 24.5 Å². The predicted molar refractivity (Wildman–Crippen MR) is 78.1 cm³/mol. The van der Waals surface area contributed by atoms with Crippen LogP contribution < -0.4 is 5.32 Å². The third kappa shape index (κ3) is 2.98. The van der Waals surface area contributed by atoms with Gasteiger partial charge in [0.25, 0.3) is 0 Å². The van der Waals surface area contributed by atoms with Gasteiger partial charge in [0, 0.05) is 43.6 Å². The van der Waals surface area contributed by atoms with Gasteiger partial charge in [-0.25, -0.2) is 0 Å². The van der Waals surface area contributed by atoms with Gasteiger partial charge in [-0.3, -0.25) is 9.88 Å². The van der Waals surface area contributed by atoms with Crippen molar-refractivity contribution in [1.29, 1.82) is 0 Å². The summed E-state index contributed by atoms with van der Waals surface area (Å²) in [5.74, 6) is 0.904. The highest BCUT2D eigenvalue weighted by Crippen LogP contribution is 2.41. The Bertz CT molecular complexity index is 415. The van der Waals surface area contributed by atoms with Gasteiger partial charge >= 0.3 is 0 Å². The Labute approximate surface area is 116 Å². The van der Waals surface area contributed by atoms with Gasteiger partial charge in [0.15, 0.2) is 0 Å². The molecular weight excluding hydrogens is 234 g/mol. The first-order valence-electron chi connectivity index (χ1n) is 7.55. The van der Waals surface area contributed by atoms with Crippen LogP contribution in [0.2, 0.25) is 0 Å². The van der Waals surface area contributed by atoms with Crippen molar-refractivity contribution in [3.63, 3.8) is 0 Å². The van der Waals surface area contributed by atoms with Gasteiger partial charge in [0.05, 0.1) is 0 Å². The van der Waals surface area contributed by atoms with Crippen molar-refractivity contribution in [3.8, 4) is 0 Å². The van der Waals surface area contributed by atoms with Gasteiger partial charge in [-0.2, -0.15) is 0 Å². The Balaban J connectivity index is 1.59. The Morgan fingerprint density at radius 2 is 2.32 bits per heavy atom. The minimum absolute atomic E-state index is 0.349. The van der Waals surface area contributed by atoms with Crippen molar-refractivity contribution in [3.05, 3.63) is 30.1 Å². The molecule has 1 saturated heterocycles. The molecule has 2 unspecified atom stereocenters. The lowest BCUT2D eigenvalue weighted by molar-refractivity contribution is 0.0844. The van der Waals surface area contributed by atoms with Crippen molar-refractivity contribution in [2.45, 2.75) is 44.7 Å². The van der Waals surface area contributed by atoms with Gasteiger partial charge < -0.3 is 5.32 Å². The van der Waals surface area contributed by atoms with Gasteiger partial charge in [0.2, 0.25) is 0 Å². The highest BCUT2D eigenvalue weighted by molar-refractivity contribution is 5.09. The molecule has 0 spiro atoms. The molecule has 1 aromatic heterocycles. The summed E-state index contributed by atoms with van der Waals surface area (Å²) < 4.78 is 0. The standard InChI is InChI=1S/C16H25N3/c1-13-10-18-16(2,15-5-6-15)12-19(13)9-7-14-4-3-8-17-11-14/h3-4,8,11,13,15,18H,5-7,9-10,12H2,1-2H3. The van der Waals surface area contributed by atoms with E-state index in [1.807, 2.05) is 18.5 Å². The van der Waals surface area contributed by atoms with E-state index in [1.165, 1.54) is 24.9 Å². The first kappa shape index (κ1) is 13.1. The molecule has 1 aliphatic carbocycles. The smallest absolute Gasteiger partial charge is 0.0309 e. The number of hydrogen-bond donors (Lipinski definition) is 1. The summed E-state index contributed by atoms with van der Waals surface area (Å²) in [5.41, 5.74) is 1.70. The maximum absolute atomic E-state index is 4.20. The largest absolute Gasteiger partial charge is 0.308 e. The highest BCUT2D eigenvalue weighted by atomic mass is 15.2. The van der Waals surface area contributed by atoms with Crippen LogP contribution in [-0.2, 0) is 6.42 Å². The van der Waals surface area contributed by atoms with Gasteiger partial charge in [0.1, 0.15) is 0 Å². The monoisotopic (exact) mass is 259 g/mol. The summed E-state index contributed by atoms with van der Waals surface area (Å²) in [7, 11) is 0. The molecule has 3 rings (SSSR count). The Kier molecular flexibility index (Phi) is 3.59. The van der Waals surface area contributed by atoms with Gasteiger partial charge in [-0.15, -0.1) is 0 Å². The predicted octanol–water partition coefficient (Wildman–Crippen LogP) is 2.09. The number of nitrogens with zero attached hydrogens (tertiary/aromatic N) is 2. The van der Waals surface area contributed by atoms with E-state index in [-0.39, 0.29) is 0 Å². The lowest BCUT2D eigenvalue weighted by Gasteiger charge is -2.45. The maximum Gasteiger partial charge on any atom is 0.0309 e. The minimum atomic E-state index is 0.349. The number of hydrogen-bond acceptors (Lipinski definition) is 3. The molecule has 2 atom stereocenters. The molecule has 1 saturated carbocycles. The van der Waals surface area contributed by atoms with E-state index in [0.29, 0.717) is 11.6 Å². The Hall–Kier alpha value is -0.930. The van der Waals surface area contributed by atoms with Crippen molar-refractivity contribution >= 4 is 0 Å². The molecule has 3 nitrogen and oxygen atoms in total. The normalized spacial score (nSPS) is 32.4. The van der Waals surface area contributed by atoms with Crippen LogP contribution in [0.4, 0.5) is 0 Å². The molecule has 1 N–H and O–H groups in total. The second-order valence-electron chi connectivity index (χ2n) is 6.50. The third-order valence-electron chi connectivity index (χ3n) is 4.85. The summed E-state index contributed by atoms with van der Waals surface area (Å²) in [6.07, 6.45) is 7.77. The van der Waals surface area contributed by atoms with Crippen LogP contribution in [0.3, 0.4) is 0 Å². The fourth-order valence-electron chi connectivity index (χ4n) is 3.26. The highest BCUT2D eigenvalue weighted by Gasteiger charge is 2.45. The van der Waals surface area contributed by atoms with E-state index in [1.54, 1.807) is 0 Å². The number of nitrogens with one attached hydrogen (secondary N) is 1. The summed E-state index contributed by atoms with van der Waals surface area (Å²) in [6, 6.07) is 4.86. The second-order valence-corrected chi connectivity index (χ2v) is 6.50. The molecule has 0 amide bonds. The van der Waals surface area contributed by atoms with E-state index >= 15 is 0 Å². The Morgan fingerprint density at radius 3 is 3.00 bits per heavy atom. The van der Waals surface area contributed by atoms with Crippen molar-refractivity contribution in [2.24, 2.45) is 5.92 Å². The molecule has 1 aromatic rings. The number of rotatable bonds is 4. The van der Waals surface area contributed by atoms with Crippen LogP contribution in [0.25, 0.3) is 0 Å². The van der Waals surface area contributed by atoms with E-state index < -0.39 is 0 Å². The van der Waals surface area contributed by atoms with Gasteiger partial charge in [-0.05, 0) is 50.7 Å². The zero-order valence-corrected chi connectivity index (χ0v) is 12.1. The molecule has 3 heteroatoms. The molecule has 0 aromatic carbocycles. The molecule has 0 bridgehead atoms. The zero-order chi connectivity index (χ0) is 13.3. The van der Waals surface area contributed by atoms with Crippen LogP contribution in [0.5, 0.6) is 0 Å². The van der Waals surface area contributed by atoms with E-state index in [0.717, 1.165) is 25.4 Å². The number of aromatic nitrogens is 1. The van der Waals surface area contributed by atoms with E-state index in [2.05, 4.69) is 35.1 Å². The second kappa shape index (κ2) is 5.22. The van der Waals surface area contributed by atoms with E-state index in [9.17, 15) is 0 Å². The summed E-state index contributed by atoms with van der Waals surface area (Å²) >= 11 is 0. The lowest BCUT2D eigenvalue weighted by Crippen LogP contribution is -2.63. The zero-order valence-electron chi connectivity index (χ0n) is 12.1. The molecular formula is C16H25N3. The molecule has 19 heavy (non-hydrogen) atoms. The van der Waals surface area contributed by atoms with Crippen molar-refractivity contribution in [1.82, 2.24) is 15.2 Å². The summed E-state index contributed by atoms with van der Waals surface area (Å²) in [4.78, 5) is 6.86. The van der Waals surface area contributed by atoms with Crippen LogP contribution >= 0.6 is 0 Å². The molecule has 0 radical (unpaired) electrons. The third-order valence-corrected chi connectivity index (χ3v) is 4.85. The minimum Gasteiger partial charge on any atom is -0.308 e. The molecule has 2 aliphatic rings. The van der Waals surface area contributed by atoms with E-state index in [4.69, 9.17) is 0 Å². The topological polar surface area (TPSA) is 28.2 Å². The van der Waals surface area contributed by atoms with Crippen molar-refractivity contribution < 1.29 is 0 Å². The fraction of sp³-hybridized carbons (Fsp3) is 0.688. The average molecular weight is 259 g/mol. The quantitative estimate of drug-likeness (QED) is 0.897. The van der Waals surface area contributed by atoms with Crippen LogP contribution in [0, 0.1) is 5.92 Å². The Morgan fingerprint density at radius 1 is 1.47 bits per heavy atom. The fourth-order valence-corrected chi connectivity index (χ4v) is 3.26. The SMILES string of the molecule is CC1CNC(C)(C2CC2)CN1CCc1cccnc1. The van der Waals surface area contributed by atoms with Crippen LogP contribution in [0.1, 0.15) is 32.3 Å². The van der Waals surface area contributed by atoms with Crippen molar-refractivity contribution in [2.75, 3.05) is 19.6 Å². The molecule has 2 fully saturated rings. The van der Waals surface area contributed by atoms with Gasteiger partial charge in [-0.1, -0.05) is 6.07 Å². The van der Waals surface area contributed by atoms with Crippen LogP contribution in [-0.4, -0.2) is 41.1 Å².